The molecule has 1 atom stereocenters. The number of aryl methyl sites for hydroxylation is 1. The second-order valence-electron chi connectivity index (χ2n) is 4.74. The lowest BCUT2D eigenvalue weighted by Crippen LogP contribution is -2.32. The van der Waals surface area contributed by atoms with Crippen LogP contribution in [-0.4, -0.2) is 41.6 Å². The Balaban J connectivity index is 2.26. The van der Waals surface area contributed by atoms with E-state index in [2.05, 4.69) is 0 Å². The first kappa shape index (κ1) is 13.4. The van der Waals surface area contributed by atoms with Crippen molar-refractivity contribution in [1.29, 1.82) is 0 Å². The molecule has 1 aliphatic rings. The normalized spacial score (nSPS) is 19.1. The number of anilines is 1. The van der Waals surface area contributed by atoms with Crippen molar-refractivity contribution in [3.05, 3.63) is 29.8 Å². The van der Waals surface area contributed by atoms with Gasteiger partial charge in [-0.05, 0) is 18.1 Å². The highest BCUT2D eigenvalue weighted by Gasteiger charge is 2.37. The van der Waals surface area contributed by atoms with Gasteiger partial charge in [0.25, 0.3) is 0 Å². The predicted octanol–water partition coefficient (Wildman–Crippen LogP) is 1.96. The summed E-state index contributed by atoms with van der Waals surface area (Å²) >= 11 is 0. The maximum absolute atomic E-state index is 12.2. The Morgan fingerprint density at radius 3 is 2.74 bits per heavy atom. The van der Waals surface area contributed by atoms with E-state index in [4.69, 9.17) is 5.11 Å². The van der Waals surface area contributed by atoms with Crippen LogP contribution in [0.25, 0.3) is 0 Å². The lowest BCUT2D eigenvalue weighted by Gasteiger charge is -2.18. The van der Waals surface area contributed by atoms with Crippen LogP contribution in [0.2, 0.25) is 0 Å². The van der Waals surface area contributed by atoms with Crippen LogP contribution in [0.1, 0.15) is 18.9 Å². The molecule has 0 saturated carbocycles. The van der Waals surface area contributed by atoms with E-state index in [9.17, 15) is 9.59 Å². The van der Waals surface area contributed by atoms with Crippen LogP contribution in [0.4, 0.5) is 10.5 Å². The monoisotopic (exact) mass is 262 g/mol. The summed E-state index contributed by atoms with van der Waals surface area (Å²) in [6.07, 6.45) is 0.820. The van der Waals surface area contributed by atoms with Gasteiger partial charge in [0.2, 0.25) is 0 Å². The number of nitrogens with zero attached hydrogens (tertiary/aromatic N) is 2. The van der Waals surface area contributed by atoms with Crippen LogP contribution in [0, 0.1) is 0 Å². The van der Waals surface area contributed by atoms with E-state index < -0.39 is 5.97 Å². The van der Waals surface area contributed by atoms with E-state index in [-0.39, 0.29) is 18.5 Å². The molecule has 2 amide bonds. The third-order valence-corrected chi connectivity index (χ3v) is 3.55. The van der Waals surface area contributed by atoms with Crippen LogP contribution < -0.4 is 4.90 Å². The molecule has 1 aromatic rings. The number of carboxylic acid groups (broad SMARTS) is 1. The molecule has 1 unspecified atom stereocenters. The summed E-state index contributed by atoms with van der Waals surface area (Å²) in [7, 11) is 1.66. The molecule has 0 aromatic heterocycles. The van der Waals surface area contributed by atoms with Crippen LogP contribution >= 0.6 is 0 Å². The molecule has 5 nitrogen and oxygen atoms in total. The number of hydrogen-bond donors (Lipinski definition) is 1. The lowest BCUT2D eigenvalue weighted by atomic mass is 10.1. The summed E-state index contributed by atoms with van der Waals surface area (Å²) in [5.74, 6) is -0.879. The SMILES string of the molecule is CCc1ccccc1N1CC(CC(=O)O)N(C)C1=O. The van der Waals surface area contributed by atoms with Crippen LogP contribution in [0.5, 0.6) is 0 Å². The van der Waals surface area contributed by atoms with Crippen molar-refractivity contribution in [3.63, 3.8) is 0 Å². The van der Waals surface area contributed by atoms with Gasteiger partial charge in [0.1, 0.15) is 0 Å². The Morgan fingerprint density at radius 1 is 1.42 bits per heavy atom. The lowest BCUT2D eigenvalue weighted by molar-refractivity contribution is -0.137. The summed E-state index contributed by atoms with van der Waals surface area (Å²) in [5, 5.41) is 8.88. The van der Waals surface area contributed by atoms with Gasteiger partial charge < -0.3 is 10.0 Å². The topological polar surface area (TPSA) is 60.9 Å². The minimum Gasteiger partial charge on any atom is -0.481 e. The van der Waals surface area contributed by atoms with E-state index in [0.717, 1.165) is 17.7 Å². The quantitative estimate of drug-likeness (QED) is 0.902. The molecule has 0 radical (unpaired) electrons. The number of rotatable bonds is 4. The summed E-state index contributed by atoms with van der Waals surface area (Å²) in [4.78, 5) is 26.2. The third-order valence-electron chi connectivity index (χ3n) is 3.55. The van der Waals surface area contributed by atoms with Gasteiger partial charge in [-0.3, -0.25) is 9.69 Å². The minimum absolute atomic E-state index is 0.0208. The molecule has 5 heteroatoms. The van der Waals surface area contributed by atoms with E-state index in [0.29, 0.717) is 6.54 Å². The zero-order valence-corrected chi connectivity index (χ0v) is 11.2. The van der Waals surface area contributed by atoms with Gasteiger partial charge in [0.15, 0.2) is 0 Å². The average molecular weight is 262 g/mol. The largest absolute Gasteiger partial charge is 0.481 e. The van der Waals surface area contributed by atoms with E-state index in [1.165, 1.54) is 4.90 Å². The smallest absolute Gasteiger partial charge is 0.324 e. The molecule has 102 valence electrons. The number of benzene rings is 1. The minimum atomic E-state index is -0.879. The van der Waals surface area contributed by atoms with Crippen molar-refractivity contribution < 1.29 is 14.7 Å². The molecular formula is C14H18N2O3. The van der Waals surface area contributed by atoms with Crippen molar-refractivity contribution in [2.24, 2.45) is 0 Å². The molecule has 0 aliphatic carbocycles. The van der Waals surface area contributed by atoms with Crippen molar-refractivity contribution in [3.8, 4) is 0 Å². The number of carbonyl (C=O) groups excluding carboxylic acids is 1. The summed E-state index contributed by atoms with van der Waals surface area (Å²) in [6, 6.07) is 7.34. The zero-order valence-electron chi connectivity index (χ0n) is 11.2. The van der Waals surface area contributed by atoms with Crippen molar-refractivity contribution in [1.82, 2.24) is 4.90 Å². The molecule has 0 bridgehead atoms. The molecular weight excluding hydrogens is 244 g/mol. The van der Waals surface area contributed by atoms with Gasteiger partial charge in [-0.2, -0.15) is 0 Å². The van der Waals surface area contributed by atoms with Gasteiger partial charge in [-0.25, -0.2) is 4.79 Å². The fraction of sp³-hybridized carbons (Fsp3) is 0.429. The highest BCUT2D eigenvalue weighted by atomic mass is 16.4. The summed E-state index contributed by atoms with van der Waals surface area (Å²) in [5.41, 5.74) is 1.98. The Bertz CT molecular complexity index is 501. The Morgan fingerprint density at radius 2 is 2.11 bits per heavy atom. The first-order chi connectivity index (χ1) is 9.04. The van der Waals surface area contributed by atoms with Gasteiger partial charge >= 0.3 is 12.0 Å². The fourth-order valence-electron chi connectivity index (χ4n) is 2.44. The van der Waals surface area contributed by atoms with Crippen LogP contribution in [0.15, 0.2) is 24.3 Å². The second-order valence-corrected chi connectivity index (χ2v) is 4.74. The van der Waals surface area contributed by atoms with Crippen molar-refractivity contribution >= 4 is 17.7 Å². The maximum atomic E-state index is 12.2. The molecule has 1 aromatic carbocycles. The van der Waals surface area contributed by atoms with Gasteiger partial charge in [0, 0.05) is 19.3 Å². The fourth-order valence-corrected chi connectivity index (χ4v) is 2.44. The summed E-state index contributed by atoms with van der Waals surface area (Å²) in [6.45, 7) is 2.47. The molecule has 1 N–H and O–H groups in total. The average Bonchev–Trinajstić information content (AvgIpc) is 2.66. The number of carbonyl (C=O) groups is 2. The summed E-state index contributed by atoms with van der Waals surface area (Å²) < 4.78 is 0. The molecule has 1 aliphatic heterocycles. The first-order valence-corrected chi connectivity index (χ1v) is 6.38. The van der Waals surface area contributed by atoms with Crippen molar-refractivity contribution in [2.75, 3.05) is 18.5 Å². The zero-order chi connectivity index (χ0) is 14.0. The van der Waals surface area contributed by atoms with E-state index >= 15 is 0 Å². The number of likely N-dealkylation sites (N-methyl/N-ethyl adjacent to an activating group) is 1. The number of hydrogen-bond acceptors (Lipinski definition) is 2. The number of carboxylic acids is 1. The van der Waals surface area contributed by atoms with Gasteiger partial charge in [0.05, 0.1) is 12.5 Å². The molecule has 19 heavy (non-hydrogen) atoms. The Labute approximate surface area is 112 Å². The number of urea groups is 1. The van der Waals surface area contributed by atoms with Gasteiger partial charge in [-0.15, -0.1) is 0 Å². The highest BCUT2D eigenvalue weighted by Crippen LogP contribution is 2.27. The molecule has 1 heterocycles. The Kier molecular flexibility index (Phi) is 3.74. The standard InChI is InChI=1S/C14H18N2O3/c1-3-10-6-4-5-7-12(10)16-9-11(8-13(17)18)15(2)14(16)19/h4-7,11H,3,8-9H2,1-2H3,(H,17,18). The predicted molar refractivity (Wildman–Crippen MR) is 72.4 cm³/mol. The third kappa shape index (κ3) is 2.54. The molecule has 0 spiro atoms. The molecule has 2 rings (SSSR count). The van der Waals surface area contributed by atoms with E-state index in [1.54, 1.807) is 11.9 Å². The van der Waals surface area contributed by atoms with Crippen LogP contribution in [0.3, 0.4) is 0 Å². The van der Waals surface area contributed by atoms with Crippen LogP contribution in [-0.2, 0) is 11.2 Å². The maximum Gasteiger partial charge on any atom is 0.324 e. The molecule has 1 fully saturated rings. The highest BCUT2D eigenvalue weighted by molar-refractivity contribution is 5.95. The van der Waals surface area contributed by atoms with Crippen molar-refractivity contribution in [2.45, 2.75) is 25.8 Å². The first-order valence-electron chi connectivity index (χ1n) is 6.38. The number of amides is 2. The molecule has 1 saturated heterocycles. The number of aliphatic carboxylic acids is 1. The van der Waals surface area contributed by atoms with Gasteiger partial charge in [-0.1, -0.05) is 25.1 Å². The Hall–Kier alpha value is -2.04. The van der Waals surface area contributed by atoms with E-state index in [1.807, 2.05) is 31.2 Å². The second kappa shape index (κ2) is 5.30. The number of para-hydroxylation sites is 1.